The van der Waals surface area contributed by atoms with Crippen LogP contribution in [-0.2, 0) is 26.4 Å². The summed E-state index contributed by atoms with van der Waals surface area (Å²) in [6.07, 6.45) is 5.79. The van der Waals surface area contributed by atoms with Crippen molar-refractivity contribution in [3.05, 3.63) is 68.0 Å². The highest BCUT2D eigenvalue weighted by atomic mass is 16.2. The van der Waals surface area contributed by atoms with Crippen molar-refractivity contribution >= 4 is 5.78 Å². The number of ketones is 1. The van der Waals surface area contributed by atoms with Crippen LogP contribution < -0.4 is 11.2 Å². The second-order valence-corrected chi connectivity index (χ2v) is 5.75. The van der Waals surface area contributed by atoms with Gasteiger partial charge in [-0.15, -0.1) is 0 Å². The van der Waals surface area contributed by atoms with E-state index in [4.69, 9.17) is 0 Å². The first kappa shape index (κ1) is 14.5. The van der Waals surface area contributed by atoms with Crippen molar-refractivity contribution in [2.75, 3.05) is 0 Å². The number of carbonyl (C=O) groups excluding carboxylic acids is 1. The summed E-state index contributed by atoms with van der Waals surface area (Å²) in [4.78, 5) is 36.2. The molecular formula is C17H18N2O3. The lowest BCUT2D eigenvalue weighted by atomic mass is 9.90. The van der Waals surface area contributed by atoms with Gasteiger partial charge in [0.25, 0.3) is 5.56 Å². The number of nitrogens with zero attached hydrogens (tertiary/aromatic N) is 2. The molecule has 1 aliphatic rings. The van der Waals surface area contributed by atoms with Gasteiger partial charge < -0.3 is 4.57 Å². The SMILES string of the molecule is Cn1ccc(=O)n(CC(=O)c2ccc3c(c2)CCCC3)c1=O. The van der Waals surface area contributed by atoms with E-state index in [0.29, 0.717) is 5.56 Å². The van der Waals surface area contributed by atoms with E-state index in [0.717, 1.165) is 23.8 Å². The van der Waals surface area contributed by atoms with Crippen LogP contribution in [0.15, 0.2) is 40.1 Å². The first-order chi connectivity index (χ1) is 10.6. The molecule has 5 heteroatoms. The van der Waals surface area contributed by atoms with Gasteiger partial charge in [-0.1, -0.05) is 12.1 Å². The summed E-state index contributed by atoms with van der Waals surface area (Å²) in [7, 11) is 1.56. The lowest BCUT2D eigenvalue weighted by Crippen LogP contribution is -2.39. The summed E-state index contributed by atoms with van der Waals surface area (Å²) < 4.78 is 2.27. The van der Waals surface area contributed by atoms with Crippen molar-refractivity contribution in [3.63, 3.8) is 0 Å². The van der Waals surface area contributed by atoms with Crippen molar-refractivity contribution in [2.24, 2.45) is 7.05 Å². The Labute approximate surface area is 127 Å². The summed E-state index contributed by atoms with van der Waals surface area (Å²) in [6, 6.07) is 7.00. The lowest BCUT2D eigenvalue weighted by molar-refractivity contribution is 0.0968. The monoisotopic (exact) mass is 298 g/mol. The van der Waals surface area contributed by atoms with Crippen LogP contribution in [0.4, 0.5) is 0 Å². The van der Waals surface area contributed by atoms with Crippen molar-refractivity contribution in [2.45, 2.75) is 32.2 Å². The standard InChI is InChI=1S/C17H18N2O3/c1-18-9-8-16(21)19(17(18)22)11-15(20)14-7-6-12-4-2-3-5-13(12)10-14/h6-10H,2-5,11H2,1H3. The molecule has 114 valence electrons. The first-order valence-electron chi connectivity index (χ1n) is 7.48. The molecule has 3 rings (SSSR count). The molecule has 0 saturated carbocycles. The van der Waals surface area contributed by atoms with Gasteiger partial charge in [-0.3, -0.25) is 14.2 Å². The molecular weight excluding hydrogens is 280 g/mol. The molecule has 5 nitrogen and oxygen atoms in total. The average Bonchev–Trinajstić information content (AvgIpc) is 2.54. The number of aryl methyl sites for hydroxylation is 3. The summed E-state index contributed by atoms with van der Waals surface area (Å²) in [5.74, 6) is -0.209. The minimum Gasteiger partial charge on any atom is -0.303 e. The van der Waals surface area contributed by atoms with Crippen molar-refractivity contribution in [1.29, 1.82) is 0 Å². The molecule has 0 N–H and O–H groups in total. The Bertz CT molecular complexity index is 846. The fourth-order valence-electron chi connectivity index (χ4n) is 2.90. The zero-order valence-electron chi connectivity index (χ0n) is 12.5. The highest BCUT2D eigenvalue weighted by Crippen LogP contribution is 2.22. The minimum atomic E-state index is -0.473. The van der Waals surface area contributed by atoms with Gasteiger partial charge in [0.15, 0.2) is 5.78 Å². The number of Topliss-reactive ketones (excluding diaryl/α,β-unsaturated/α-hetero) is 1. The van der Waals surface area contributed by atoms with Gasteiger partial charge in [-0.05, 0) is 42.9 Å². The topological polar surface area (TPSA) is 61.1 Å². The third kappa shape index (κ3) is 2.66. The minimum absolute atomic E-state index is 0.209. The van der Waals surface area contributed by atoms with Gasteiger partial charge >= 0.3 is 5.69 Å². The molecule has 22 heavy (non-hydrogen) atoms. The van der Waals surface area contributed by atoms with Crippen LogP contribution in [0.3, 0.4) is 0 Å². The predicted molar refractivity (Wildman–Crippen MR) is 83.4 cm³/mol. The Morgan fingerprint density at radius 2 is 1.82 bits per heavy atom. The molecule has 1 aliphatic carbocycles. The molecule has 2 aromatic rings. The van der Waals surface area contributed by atoms with Gasteiger partial charge in [-0.2, -0.15) is 0 Å². The van der Waals surface area contributed by atoms with Crippen molar-refractivity contribution in [1.82, 2.24) is 9.13 Å². The van der Waals surface area contributed by atoms with E-state index in [1.807, 2.05) is 12.1 Å². The molecule has 0 saturated heterocycles. The predicted octanol–water partition coefficient (Wildman–Crippen LogP) is 1.31. The number of hydrogen-bond acceptors (Lipinski definition) is 3. The summed E-state index contributed by atoms with van der Waals surface area (Å²) in [6.45, 7) is -0.217. The maximum absolute atomic E-state index is 12.4. The maximum atomic E-state index is 12.4. The van der Waals surface area contributed by atoms with Crippen LogP contribution in [-0.4, -0.2) is 14.9 Å². The fourth-order valence-corrected chi connectivity index (χ4v) is 2.90. The first-order valence-corrected chi connectivity index (χ1v) is 7.48. The molecule has 0 fully saturated rings. The Morgan fingerprint density at radius 3 is 2.59 bits per heavy atom. The number of aromatic nitrogens is 2. The van der Waals surface area contributed by atoms with Crippen LogP contribution in [0.2, 0.25) is 0 Å². The average molecular weight is 298 g/mol. The molecule has 0 spiro atoms. The van der Waals surface area contributed by atoms with E-state index in [9.17, 15) is 14.4 Å². The quantitative estimate of drug-likeness (QED) is 0.803. The van der Waals surface area contributed by atoms with Crippen LogP contribution in [0, 0.1) is 0 Å². The van der Waals surface area contributed by atoms with Gasteiger partial charge in [0.1, 0.15) is 0 Å². The van der Waals surface area contributed by atoms with E-state index in [1.165, 1.54) is 34.4 Å². The second kappa shape index (κ2) is 5.75. The van der Waals surface area contributed by atoms with Crippen molar-refractivity contribution in [3.8, 4) is 0 Å². The number of hydrogen-bond donors (Lipinski definition) is 0. The Kier molecular flexibility index (Phi) is 3.79. The smallest absolute Gasteiger partial charge is 0.303 e. The summed E-state index contributed by atoms with van der Waals surface area (Å²) >= 11 is 0. The molecule has 0 atom stereocenters. The highest BCUT2D eigenvalue weighted by Gasteiger charge is 2.15. The Balaban J connectivity index is 1.91. The number of carbonyl (C=O) groups is 1. The highest BCUT2D eigenvalue weighted by molar-refractivity contribution is 5.96. The van der Waals surface area contributed by atoms with Crippen molar-refractivity contribution < 1.29 is 4.79 Å². The Morgan fingerprint density at radius 1 is 1.09 bits per heavy atom. The van der Waals surface area contributed by atoms with Crippen LogP contribution >= 0.6 is 0 Å². The zero-order valence-corrected chi connectivity index (χ0v) is 12.5. The van der Waals surface area contributed by atoms with E-state index >= 15 is 0 Å². The zero-order chi connectivity index (χ0) is 15.7. The number of fused-ring (bicyclic) bond motifs is 1. The molecule has 1 aromatic heterocycles. The summed E-state index contributed by atoms with van der Waals surface area (Å²) in [5, 5.41) is 0. The summed E-state index contributed by atoms with van der Waals surface area (Å²) in [5.41, 5.74) is 2.16. The van der Waals surface area contributed by atoms with E-state index in [1.54, 1.807) is 13.1 Å². The molecule has 0 amide bonds. The fraction of sp³-hybridized carbons (Fsp3) is 0.353. The maximum Gasteiger partial charge on any atom is 0.331 e. The van der Waals surface area contributed by atoms with E-state index in [2.05, 4.69) is 0 Å². The number of rotatable bonds is 3. The van der Waals surface area contributed by atoms with Gasteiger partial charge in [-0.25, -0.2) is 4.79 Å². The van der Waals surface area contributed by atoms with Crippen LogP contribution in [0.1, 0.15) is 34.3 Å². The molecule has 0 unspecified atom stereocenters. The number of benzene rings is 1. The second-order valence-electron chi connectivity index (χ2n) is 5.75. The van der Waals surface area contributed by atoms with Gasteiger partial charge in [0, 0.05) is 24.9 Å². The molecule has 1 heterocycles. The molecule has 0 bridgehead atoms. The van der Waals surface area contributed by atoms with E-state index < -0.39 is 11.2 Å². The lowest BCUT2D eigenvalue weighted by Gasteiger charge is -2.16. The van der Waals surface area contributed by atoms with Crippen LogP contribution in [0.5, 0.6) is 0 Å². The Hall–Kier alpha value is -2.43. The largest absolute Gasteiger partial charge is 0.331 e. The van der Waals surface area contributed by atoms with Gasteiger partial charge in [0.05, 0.1) is 6.54 Å². The third-order valence-corrected chi connectivity index (χ3v) is 4.21. The normalized spacial score (nSPS) is 13.7. The van der Waals surface area contributed by atoms with Gasteiger partial charge in [0.2, 0.25) is 0 Å². The van der Waals surface area contributed by atoms with Crippen LogP contribution in [0.25, 0.3) is 0 Å². The third-order valence-electron chi connectivity index (χ3n) is 4.21. The molecule has 0 radical (unpaired) electrons. The van der Waals surface area contributed by atoms with E-state index in [-0.39, 0.29) is 12.3 Å². The molecule has 0 aliphatic heterocycles. The molecule has 1 aromatic carbocycles.